The predicted octanol–water partition coefficient (Wildman–Crippen LogP) is 1.83. The summed E-state index contributed by atoms with van der Waals surface area (Å²) in [5.41, 5.74) is 5.58. The Morgan fingerprint density at radius 1 is 1.35 bits per heavy atom. The lowest BCUT2D eigenvalue weighted by atomic mass is 9.97. The number of hydrogen-bond donors (Lipinski definition) is 1. The third-order valence-corrected chi connectivity index (χ3v) is 3.19. The maximum absolute atomic E-state index is 5.58. The summed E-state index contributed by atoms with van der Waals surface area (Å²) in [5.74, 6) is 2.07. The monoisotopic (exact) mass is 240 g/mol. The Morgan fingerprint density at radius 2 is 2.12 bits per heavy atom. The summed E-state index contributed by atoms with van der Waals surface area (Å²) < 4.78 is 5.23. The van der Waals surface area contributed by atoms with Gasteiger partial charge in [-0.3, -0.25) is 0 Å². The van der Waals surface area contributed by atoms with Crippen LogP contribution < -0.4 is 10.6 Å². The summed E-state index contributed by atoms with van der Waals surface area (Å²) in [6.45, 7) is 5.89. The fraction of sp³-hybridized carbons (Fsp3) is 0.833. The highest BCUT2D eigenvalue weighted by Gasteiger charge is 2.11. The minimum Gasteiger partial charge on any atom is -0.342 e. The van der Waals surface area contributed by atoms with Gasteiger partial charge in [-0.25, -0.2) is 0 Å². The van der Waals surface area contributed by atoms with Crippen molar-refractivity contribution >= 4 is 5.95 Å². The van der Waals surface area contributed by atoms with Gasteiger partial charge >= 0.3 is 0 Å². The summed E-state index contributed by atoms with van der Waals surface area (Å²) in [6.07, 6.45) is 4.16. The van der Waals surface area contributed by atoms with E-state index in [2.05, 4.69) is 24.0 Å². The zero-order valence-electron chi connectivity index (χ0n) is 11.1. The molecule has 0 bridgehead atoms. The average molecular weight is 240 g/mol. The van der Waals surface area contributed by atoms with Crippen molar-refractivity contribution in [3.05, 3.63) is 5.89 Å². The number of anilines is 1. The first-order valence-corrected chi connectivity index (χ1v) is 6.45. The molecule has 1 aromatic heterocycles. The first-order chi connectivity index (χ1) is 8.21. The Labute approximate surface area is 103 Å². The highest BCUT2D eigenvalue weighted by Crippen LogP contribution is 2.16. The molecular formula is C12H24N4O. The zero-order chi connectivity index (χ0) is 12.7. The molecule has 5 nitrogen and oxygen atoms in total. The van der Waals surface area contributed by atoms with Gasteiger partial charge in [-0.1, -0.05) is 13.3 Å². The molecule has 0 fully saturated rings. The Hall–Kier alpha value is -1.10. The number of nitrogens with zero attached hydrogens (tertiary/aromatic N) is 3. The molecule has 1 rings (SSSR count). The molecule has 1 atom stereocenters. The minimum absolute atomic E-state index is 0.666. The van der Waals surface area contributed by atoms with Crippen molar-refractivity contribution < 1.29 is 4.52 Å². The van der Waals surface area contributed by atoms with Crippen LogP contribution in [0.1, 0.15) is 39.0 Å². The van der Waals surface area contributed by atoms with Gasteiger partial charge < -0.3 is 15.2 Å². The van der Waals surface area contributed by atoms with Crippen LogP contribution in [0.25, 0.3) is 0 Å². The molecule has 1 heterocycles. The van der Waals surface area contributed by atoms with Crippen molar-refractivity contribution in [2.75, 3.05) is 25.0 Å². The van der Waals surface area contributed by atoms with E-state index >= 15 is 0 Å². The second-order valence-electron chi connectivity index (χ2n) is 4.39. The second kappa shape index (κ2) is 7.27. The Balaban J connectivity index is 2.43. The van der Waals surface area contributed by atoms with E-state index in [1.165, 1.54) is 0 Å². The predicted molar refractivity (Wildman–Crippen MR) is 69.0 cm³/mol. The Bertz CT molecular complexity index is 313. The van der Waals surface area contributed by atoms with Gasteiger partial charge in [0.1, 0.15) is 0 Å². The zero-order valence-corrected chi connectivity index (χ0v) is 11.1. The van der Waals surface area contributed by atoms with Crippen molar-refractivity contribution in [3.8, 4) is 0 Å². The molecule has 0 aliphatic carbocycles. The van der Waals surface area contributed by atoms with E-state index in [4.69, 9.17) is 10.3 Å². The summed E-state index contributed by atoms with van der Waals surface area (Å²) in [7, 11) is 1.96. The Kier molecular flexibility index (Phi) is 5.97. The van der Waals surface area contributed by atoms with Crippen LogP contribution in [0, 0.1) is 5.92 Å². The highest BCUT2D eigenvalue weighted by molar-refractivity contribution is 5.24. The number of aromatic nitrogens is 2. The molecule has 0 aromatic carbocycles. The molecule has 0 aliphatic heterocycles. The van der Waals surface area contributed by atoms with E-state index in [9.17, 15) is 0 Å². The number of nitrogens with two attached hydrogens (primary N) is 1. The SMILES string of the molecule is CCC(CCN)CCc1nc(N(C)CC)no1. The molecule has 0 radical (unpaired) electrons. The lowest BCUT2D eigenvalue weighted by Gasteiger charge is -2.11. The Morgan fingerprint density at radius 3 is 2.71 bits per heavy atom. The molecule has 0 spiro atoms. The van der Waals surface area contributed by atoms with Gasteiger partial charge in [-0.15, -0.1) is 0 Å². The quantitative estimate of drug-likeness (QED) is 0.751. The van der Waals surface area contributed by atoms with E-state index in [0.29, 0.717) is 11.9 Å². The molecule has 1 aromatic rings. The summed E-state index contributed by atoms with van der Waals surface area (Å²) in [5, 5.41) is 3.95. The fourth-order valence-corrected chi connectivity index (χ4v) is 1.76. The van der Waals surface area contributed by atoms with Gasteiger partial charge in [-0.05, 0) is 37.4 Å². The van der Waals surface area contributed by atoms with E-state index in [1.54, 1.807) is 0 Å². The van der Waals surface area contributed by atoms with Gasteiger partial charge in [0.2, 0.25) is 5.89 Å². The number of rotatable bonds is 8. The van der Waals surface area contributed by atoms with Crippen molar-refractivity contribution in [2.24, 2.45) is 11.7 Å². The van der Waals surface area contributed by atoms with Gasteiger partial charge in [-0.2, -0.15) is 4.98 Å². The standard InChI is InChI=1S/C12H24N4O/c1-4-10(8-9-13)6-7-11-14-12(15-17-11)16(3)5-2/h10H,4-9,13H2,1-3H3. The molecular weight excluding hydrogens is 216 g/mol. The van der Waals surface area contributed by atoms with Crippen molar-refractivity contribution in [1.82, 2.24) is 10.1 Å². The minimum atomic E-state index is 0.666. The topological polar surface area (TPSA) is 68.2 Å². The molecule has 0 saturated heterocycles. The molecule has 5 heteroatoms. The molecule has 17 heavy (non-hydrogen) atoms. The van der Waals surface area contributed by atoms with Crippen LogP contribution in [0.15, 0.2) is 4.52 Å². The smallest absolute Gasteiger partial charge is 0.265 e. The average Bonchev–Trinajstić information content (AvgIpc) is 2.82. The van der Waals surface area contributed by atoms with Crippen molar-refractivity contribution in [2.45, 2.75) is 39.5 Å². The van der Waals surface area contributed by atoms with Gasteiger partial charge in [0.15, 0.2) is 0 Å². The third kappa shape index (κ3) is 4.34. The van der Waals surface area contributed by atoms with E-state index in [-0.39, 0.29) is 0 Å². The lowest BCUT2D eigenvalue weighted by molar-refractivity contribution is 0.353. The normalized spacial score (nSPS) is 12.7. The van der Waals surface area contributed by atoms with E-state index < -0.39 is 0 Å². The van der Waals surface area contributed by atoms with Crippen molar-refractivity contribution in [3.63, 3.8) is 0 Å². The first-order valence-electron chi connectivity index (χ1n) is 6.45. The van der Waals surface area contributed by atoms with Crippen LogP contribution in [0.4, 0.5) is 5.95 Å². The van der Waals surface area contributed by atoms with E-state index in [1.807, 2.05) is 11.9 Å². The molecule has 0 aliphatic rings. The van der Waals surface area contributed by atoms with Gasteiger partial charge in [0.05, 0.1) is 0 Å². The number of aryl methyl sites for hydroxylation is 1. The summed E-state index contributed by atoms with van der Waals surface area (Å²) >= 11 is 0. The molecule has 98 valence electrons. The van der Waals surface area contributed by atoms with Crippen LogP contribution in [0.5, 0.6) is 0 Å². The van der Waals surface area contributed by atoms with Crippen LogP contribution in [-0.4, -0.2) is 30.3 Å². The maximum Gasteiger partial charge on any atom is 0.265 e. The summed E-state index contributed by atoms with van der Waals surface area (Å²) in [4.78, 5) is 6.33. The maximum atomic E-state index is 5.58. The van der Waals surface area contributed by atoms with E-state index in [0.717, 1.165) is 44.7 Å². The van der Waals surface area contributed by atoms with Gasteiger partial charge in [0, 0.05) is 20.0 Å². The van der Waals surface area contributed by atoms with Crippen LogP contribution in [0.2, 0.25) is 0 Å². The fourth-order valence-electron chi connectivity index (χ4n) is 1.76. The van der Waals surface area contributed by atoms with Crippen LogP contribution in [-0.2, 0) is 6.42 Å². The van der Waals surface area contributed by atoms with Crippen LogP contribution in [0.3, 0.4) is 0 Å². The molecule has 1 unspecified atom stereocenters. The third-order valence-electron chi connectivity index (χ3n) is 3.19. The summed E-state index contributed by atoms with van der Waals surface area (Å²) in [6, 6.07) is 0. The van der Waals surface area contributed by atoms with Gasteiger partial charge in [0.25, 0.3) is 5.95 Å². The molecule has 0 saturated carbocycles. The number of hydrogen-bond acceptors (Lipinski definition) is 5. The largest absolute Gasteiger partial charge is 0.342 e. The van der Waals surface area contributed by atoms with Crippen LogP contribution >= 0.6 is 0 Å². The lowest BCUT2D eigenvalue weighted by Crippen LogP contribution is -2.17. The van der Waals surface area contributed by atoms with Crippen molar-refractivity contribution in [1.29, 1.82) is 0 Å². The molecule has 2 N–H and O–H groups in total. The first kappa shape index (κ1) is 14.0. The highest BCUT2D eigenvalue weighted by atomic mass is 16.5. The second-order valence-corrected chi connectivity index (χ2v) is 4.39. The molecule has 0 amide bonds.